The number of carbonyl (C=O) groups is 1. The number of aromatic nitrogens is 3. The summed E-state index contributed by atoms with van der Waals surface area (Å²) >= 11 is 7.46. The van der Waals surface area contributed by atoms with Gasteiger partial charge in [0.1, 0.15) is 17.3 Å². The number of amides is 1. The summed E-state index contributed by atoms with van der Waals surface area (Å²) in [5.41, 5.74) is 1.83. The van der Waals surface area contributed by atoms with Crippen molar-refractivity contribution in [3.05, 3.63) is 58.9 Å². The topological polar surface area (TPSA) is 78.3 Å². The van der Waals surface area contributed by atoms with Crippen LogP contribution in [0.2, 0.25) is 5.02 Å². The summed E-state index contributed by atoms with van der Waals surface area (Å²) in [4.78, 5) is 12.5. The van der Waals surface area contributed by atoms with Gasteiger partial charge in [0.2, 0.25) is 5.91 Å². The summed E-state index contributed by atoms with van der Waals surface area (Å²) in [6.45, 7) is 0. The summed E-state index contributed by atoms with van der Waals surface area (Å²) in [5, 5.41) is 12.6. The van der Waals surface area contributed by atoms with Crippen LogP contribution in [-0.4, -0.2) is 40.6 Å². The summed E-state index contributed by atoms with van der Waals surface area (Å²) in [5.74, 6) is 2.73. The van der Waals surface area contributed by atoms with Crippen LogP contribution in [0.25, 0.3) is 0 Å². The van der Waals surface area contributed by atoms with Gasteiger partial charge in [-0.2, -0.15) is 0 Å². The van der Waals surface area contributed by atoms with E-state index in [0.29, 0.717) is 39.2 Å². The number of hydrogen-bond donors (Lipinski definition) is 1. The highest BCUT2D eigenvalue weighted by Crippen LogP contribution is 2.54. The van der Waals surface area contributed by atoms with Crippen molar-refractivity contribution < 1.29 is 14.3 Å². The van der Waals surface area contributed by atoms with Crippen LogP contribution in [0.4, 0.5) is 5.69 Å². The van der Waals surface area contributed by atoms with Crippen molar-refractivity contribution in [3.8, 4) is 11.5 Å². The Hall–Kier alpha value is -2.71. The molecule has 1 N–H and O–H groups in total. The number of hydrogen-bond acceptors (Lipinski definition) is 6. The normalized spacial score (nSPS) is 17.3. The zero-order valence-electron chi connectivity index (χ0n) is 17.5. The first-order valence-corrected chi connectivity index (χ1v) is 11.2. The minimum Gasteiger partial charge on any atom is -0.495 e. The monoisotopic (exact) mass is 458 g/mol. The number of nitrogens with one attached hydrogen (secondary N) is 1. The fourth-order valence-electron chi connectivity index (χ4n) is 3.60. The second kappa shape index (κ2) is 9.20. The van der Waals surface area contributed by atoms with Crippen LogP contribution in [0.15, 0.2) is 47.6 Å². The van der Waals surface area contributed by atoms with Crippen molar-refractivity contribution in [1.29, 1.82) is 0 Å². The molecule has 3 aromatic rings. The second-order valence-corrected chi connectivity index (χ2v) is 8.63. The number of thioether (sulfide) groups is 1. The average molecular weight is 459 g/mol. The maximum Gasteiger partial charge on any atom is 0.234 e. The Kier molecular flexibility index (Phi) is 6.38. The molecule has 1 amide bonds. The lowest BCUT2D eigenvalue weighted by Gasteiger charge is -2.13. The Morgan fingerprint density at radius 1 is 1.16 bits per heavy atom. The van der Waals surface area contributed by atoms with Crippen molar-refractivity contribution in [2.45, 2.75) is 23.4 Å². The van der Waals surface area contributed by atoms with E-state index in [2.05, 4.69) is 39.8 Å². The Balaban J connectivity index is 1.38. The zero-order chi connectivity index (χ0) is 22.0. The Labute approximate surface area is 190 Å². The van der Waals surface area contributed by atoms with E-state index in [1.807, 2.05) is 17.7 Å². The molecule has 1 aliphatic carbocycles. The van der Waals surface area contributed by atoms with Gasteiger partial charge in [0.25, 0.3) is 0 Å². The molecule has 0 bridgehead atoms. The van der Waals surface area contributed by atoms with Gasteiger partial charge in [-0.1, -0.05) is 53.7 Å². The van der Waals surface area contributed by atoms with Gasteiger partial charge in [0, 0.05) is 25.1 Å². The van der Waals surface area contributed by atoms with Gasteiger partial charge in [-0.25, -0.2) is 0 Å². The number of methoxy groups -OCH3 is 2. The van der Waals surface area contributed by atoms with Crippen LogP contribution < -0.4 is 14.8 Å². The number of rotatable bonds is 8. The molecule has 1 aromatic heterocycles. The molecular formula is C22H23ClN4O3S. The van der Waals surface area contributed by atoms with E-state index < -0.39 is 0 Å². The lowest BCUT2D eigenvalue weighted by molar-refractivity contribution is -0.113. The molecule has 7 nitrogen and oxygen atoms in total. The van der Waals surface area contributed by atoms with E-state index in [0.717, 1.165) is 12.2 Å². The molecule has 0 aliphatic heterocycles. The molecule has 31 heavy (non-hydrogen) atoms. The lowest BCUT2D eigenvalue weighted by atomic mass is 10.1. The van der Waals surface area contributed by atoms with Gasteiger partial charge < -0.3 is 19.4 Å². The highest BCUT2D eigenvalue weighted by Gasteiger charge is 2.42. The van der Waals surface area contributed by atoms with Gasteiger partial charge >= 0.3 is 0 Å². The molecular weight excluding hydrogens is 436 g/mol. The first-order chi connectivity index (χ1) is 15.0. The van der Waals surface area contributed by atoms with Crippen molar-refractivity contribution >= 4 is 35.0 Å². The van der Waals surface area contributed by atoms with Gasteiger partial charge in [-0.15, -0.1) is 10.2 Å². The van der Waals surface area contributed by atoms with Crippen molar-refractivity contribution in [2.24, 2.45) is 7.05 Å². The number of anilines is 1. The molecule has 4 rings (SSSR count). The predicted molar refractivity (Wildman–Crippen MR) is 121 cm³/mol. The second-order valence-electron chi connectivity index (χ2n) is 7.28. The highest BCUT2D eigenvalue weighted by molar-refractivity contribution is 7.99. The third kappa shape index (κ3) is 4.65. The summed E-state index contributed by atoms with van der Waals surface area (Å²) in [7, 11) is 4.98. The first-order valence-electron chi connectivity index (χ1n) is 9.80. The third-order valence-corrected chi connectivity index (χ3v) is 6.61. The molecule has 0 saturated heterocycles. The van der Waals surface area contributed by atoms with Crippen molar-refractivity contribution in [2.75, 3.05) is 25.3 Å². The average Bonchev–Trinajstić information content (AvgIpc) is 3.49. The molecule has 1 heterocycles. The minimum absolute atomic E-state index is 0.187. The molecule has 2 aromatic carbocycles. The Morgan fingerprint density at radius 3 is 2.61 bits per heavy atom. The van der Waals surface area contributed by atoms with E-state index >= 15 is 0 Å². The molecule has 162 valence electrons. The lowest BCUT2D eigenvalue weighted by Crippen LogP contribution is -2.15. The standard InChI is InChI=1S/C22H23ClN4O3S/c1-27-21(15-9-14(15)13-7-5-4-6-8-13)25-26-22(27)31-12-20(28)24-17-11-18(29-2)16(23)10-19(17)30-3/h4-8,10-11,14-15H,9,12H2,1-3H3,(H,24,28). The van der Waals surface area contributed by atoms with Crippen LogP contribution in [0.3, 0.4) is 0 Å². The van der Waals surface area contributed by atoms with E-state index in [-0.39, 0.29) is 11.7 Å². The first kappa shape index (κ1) is 21.5. The quantitative estimate of drug-likeness (QED) is 0.501. The van der Waals surface area contributed by atoms with Crippen molar-refractivity contribution in [3.63, 3.8) is 0 Å². The Bertz CT molecular complexity index is 1090. The van der Waals surface area contributed by atoms with E-state index in [9.17, 15) is 4.79 Å². The van der Waals surface area contributed by atoms with Gasteiger partial charge in [-0.05, 0) is 17.9 Å². The largest absolute Gasteiger partial charge is 0.495 e. The number of benzene rings is 2. The fraction of sp³-hybridized carbons (Fsp3) is 0.318. The molecule has 1 fully saturated rings. The van der Waals surface area contributed by atoms with Crippen molar-refractivity contribution in [1.82, 2.24) is 14.8 Å². The summed E-state index contributed by atoms with van der Waals surface area (Å²) in [6, 6.07) is 13.7. The van der Waals surface area contributed by atoms with E-state index in [1.165, 1.54) is 31.5 Å². The van der Waals surface area contributed by atoms with Gasteiger partial charge in [0.15, 0.2) is 5.16 Å². The maximum atomic E-state index is 12.5. The molecule has 0 spiro atoms. The number of halogens is 1. The van der Waals surface area contributed by atoms with E-state index in [4.69, 9.17) is 21.1 Å². The number of nitrogens with zero attached hydrogens (tertiary/aromatic N) is 3. The van der Waals surface area contributed by atoms with Gasteiger partial charge in [-0.3, -0.25) is 4.79 Å². The number of ether oxygens (including phenoxy) is 2. The fourth-order valence-corrected chi connectivity index (χ4v) is 4.55. The molecule has 2 atom stereocenters. The third-order valence-electron chi connectivity index (χ3n) is 5.30. The zero-order valence-corrected chi connectivity index (χ0v) is 19.0. The molecule has 1 saturated carbocycles. The SMILES string of the molecule is COc1cc(NC(=O)CSc2nnc(C3CC3c3ccccc3)n2C)c(OC)cc1Cl. The van der Waals surface area contributed by atoms with E-state index in [1.54, 1.807) is 12.1 Å². The van der Waals surface area contributed by atoms with Crippen LogP contribution in [0, 0.1) is 0 Å². The molecule has 0 radical (unpaired) electrons. The summed E-state index contributed by atoms with van der Waals surface area (Å²) < 4.78 is 12.5. The van der Waals surface area contributed by atoms with Crippen LogP contribution >= 0.6 is 23.4 Å². The van der Waals surface area contributed by atoms with Crippen LogP contribution in [-0.2, 0) is 11.8 Å². The molecule has 1 aliphatic rings. The molecule has 2 unspecified atom stereocenters. The number of carbonyl (C=O) groups excluding carboxylic acids is 1. The van der Waals surface area contributed by atoms with Crippen LogP contribution in [0.1, 0.15) is 29.6 Å². The smallest absolute Gasteiger partial charge is 0.234 e. The minimum atomic E-state index is -0.189. The molecule has 9 heteroatoms. The van der Waals surface area contributed by atoms with Gasteiger partial charge in [0.05, 0.1) is 30.7 Å². The highest BCUT2D eigenvalue weighted by atomic mass is 35.5. The Morgan fingerprint density at radius 2 is 1.90 bits per heavy atom. The maximum absolute atomic E-state index is 12.5. The van der Waals surface area contributed by atoms with Crippen LogP contribution in [0.5, 0.6) is 11.5 Å². The predicted octanol–water partition coefficient (Wildman–Crippen LogP) is 4.49. The summed E-state index contributed by atoms with van der Waals surface area (Å²) in [6.07, 6.45) is 1.07.